The fourth-order valence-corrected chi connectivity index (χ4v) is 3.48. The molecule has 0 amide bonds. The van der Waals surface area contributed by atoms with Gasteiger partial charge in [0, 0.05) is 17.0 Å². The second kappa shape index (κ2) is 6.31. The Bertz CT molecular complexity index is 621. The van der Waals surface area contributed by atoms with Crippen LogP contribution in [0.4, 0.5) is 0 Å². The van der Waals surface area contributed by atoms with E-state index in [0.29, 0.717) is 0 Å². The van der Waals surface area contributed by atoms with Gasteiger partial charge in [-0.1, -0.05) is 72.8 Å². The Morgan fingerprint density at radius 3 is 2.00 bits per heavy atom. The van der Waals surface area contributed by atoms with Crippen LogP contribution in [-0.4, -0.2) is 23.3 Å². The first kappa shape index (κ1) is 16.0. The Morgan fingerprint density at radius 1 is 1.00 bits per heavy atom. The van der Waals surface area contributed by atoms with Crippen LogP contribution < -0.4 is 5.32 Å². The molecule has 2 N–H and O–H groups in total. The molecule has 0 aromatic heterocycles. The average Bonchev–Trinajstić information content (AvgIpc) is 3.01. The first-order chi connectivity index (χ1) is 11.1. The van der Waals surface area contributed by atoms with Crippen LogP contribution >= 0.6 is 0 Å². The van der Waals surface area contributed by atoms with Crippen LogP contribution in [0.3, 0.4) is 0 Å². The molecule has 120 valence electrons. The van der Waals surface area contributed by atoms with Gasteiger partial charge in [-0.15, -0.1) is 0 Å². The molecule has 1 aliphatic carbocycles. The number of rotatable bonds is 5. The zero-order chi connectivity index (χ0) is 16.3. The van der Waals surface area contributed by atoms with Gasteiger partial charge < -0.3 is 10.4 Å². The number of aliphatic hydroxyl groups is 1. The Balaban J connectivity index is 1.96. The normalized spacial score (nSPS) is 19.9. The lowest BCUT2D eigenvalue weighted by Gasteiger charge is -2.33. The summed E-state index contributed by atoms with van der Waals surface area (Å²) in [6.07, 6.45) is 5.53. The summed E-state index contributed by atoms with van der Waals surface area (Å²) in [5, 5.41) is 13.1. The third-order valence-corrected chi connectivity index (χ3v) is 4.70. The molecule has 0 aliphatic heterocycles. The summed E-state index contributed by atoms with van der Waals surface area (Å²) >= 11 is 0. The van der Waals surface area contributed by atoms with Gasteiger partial charge >= 0.3 is 0 Å². The minimum atomic E-state index is -0.279. The van der Waals surface area contributed by atoms with Crippen molar-refractivity contribution in [2.24, 2.45) is 0 Å². The van der Waals surface area contributed by atoms with Crippen molar-refractivity contribution in [3.05, 3.63) is 83.9 Å². The monoisotopic (exact) mass is 307 g/mol. The highest BCUT2D eigenvalue weighted by Crippen LogP contribution is 2.42. The standard InChI is InChI=1S/C21H25NO/c1-20(2,16-23)22-19-13-14-21(15-19,17-9-5-3-6-10-17)18-11-7-4-8-12-18/h3-14,19,22-23H,15-16H2,1-2H3/t19-/m1/s1. The molecule has 1 atom stereocenters. The molecule has 3 rings (SSSR count). The van der Waals surface area contributed by atoms with Gasteiger partial charge in [-0.2, -0.15) is 0 Å². The molecule has 0 saturated carbocycles. The minimum Gasteiger partial charge on any atom is -0.394 e. The van der Waals surface area contributed by atoms with Crippen molar-refractivity contribution in [2.45, 2.75) is 37.3 Å². The molecule has 2 heteroatoms. The van der Waals surface area contributed by atoms with Gasteiger partial charge in [0.05, 0.1) is 6.61 Å². The fraction of sp³-hybridized carbons (Fsp3) is 0.333. The van der Waals surface area contributed by atoms with E-state index in [9.17, 15) is 5.11 Å². The van der Waals surface area contributed by atoms with E-state index < -0.39 is 0 Å². The highest BCUT2D eigenvalue weighted by Gasteiger charge is 2.39. The van der Waals surface area contributed by atoms with E-state index >= 15 is 0 Å². The largest absolute Gasteiger partial charge is 0.394 e. The SMILES string of the molecule is CC(C)(CO)N[C@@H]1C=CC(c2ccccc2)(c2ccccc2)C1. The Kier molecular flexibility index (Phi) is 4.38. The quantitative estimate of drug-likeness (QED) is 0.826. The molecule has 2 aromatic rings. The summed E-state index contributed by atoms with van der Waals surface area (Å²) < 4.78 is 0. The van der Waals surface area contributed by atoms with Crippen molar-refractivity contribution < 1.29 is 5.11 Å². The lowest BCUT2D eigenvalue weighted by molar-refractivity contribution is 0.179. The van der Waals surface area contributed by atoms with Crippen LogP contribution in [0.25, 0.3) is 0 Å². The first-order valence-electron chi connectivity index (χ1n) is 8.25. The van der Waals surface area contributed by atoms with E-state index in [-0.39, 0.29) is 23.6 Å². The first-order valence-corrected chi connectivity index (χ1v) is 8.25. The molecule has 1 aliphatic rings. The van der Waals surface area contributed by atoms with Crippen LogP contribution in [0.1, 0.15) is 31.4 Å². The number of hydrogen-bond acceptors (Lipinski definition) is 2. The molecular formula is C21H25NO. The number of aliphatic hydroxyl groups excluding tert-OH is 1. The van der Waals surface area contributed by atoms with Crippen LogP contribution in [0, 0.1) is 0 Å². The zero-order valence-electron chi connectivity index (χ0n) is 13.9. The molecule has 2 aromatic carbocycles. The molecule has 0 heterocycles. The highest BCUT2D eigenvalue weighted by molar-refractivity contribution is 5.47. The predicted molar refractivity (Wildman–Crippen MR) is 95.5 cm³/mol. The number of allylic oxidation sites excluding steroid dienone is 1. The molecule has 0 spiro atoms. The maximum atomic E-state index is 9.53. The predicted octanol–water partition coefficient (Wildman–Crippen LogP) is 3.66. The summed E-state index contributed by atoms with van der Waals surface area (Å²) in [6, 6.07) is 21.6. The van der Waals surface area contributed by atoms with Crippen molar-refractivity contribution in [3.8, 4) is 0 Å². The number of benzene rings is 2. The van der Waals surface area contributed by atoms with Crippen molar-refractivity contribution in [3.63, 3.8) is 0 Å². The van der Waals surface area contributed by atoms with Gasteiger partial charge in [-0.05, 0) is 31.4 Å². The summed E-state index contributed by atoms with van der Waals surface area (Å²) in [5.41, 5.74) is 2.24. The summed E-state index contributed by atoms with van der Waals surface area (Å²) in [4.78, 5) is 0. The number of nitrogens with one attached hydrogen (secondary N) is 1. The second-order valence-corrected chi connectivity index (χ2v) is 7.06. The van der Waals surface area contributed by atoms with E-state index in [1.807, 2.05) is 13.8 Å². The molecule has 0 unspecified atom stereocenters. The van der Waals surface area contributed by atoms with Gasteiger partial charge in [0.15, 0.2) is 0 Å². The van der Waals surface area contributed by atoms with Crippen molar-refractivity contribution in [2.75, 3.05) is 6.61 Å². The summed E-state index contributed by atoms with van der Waals surface area (Å²) in [7, 11) is 0. The van der Waals surface area contributed by atoms with E-state index in [4.69, 9.17) is 0 Å². The van der Waals surface area contributed by atoms with Crippen molar-refractivity contribution >= 4 is 0 Å². The van der Waals surface area contributed by atoms with Gasteiger partial charge in [-0.25, -0.2) is 0 Å². The van der Waals surface area contributed by atoms with Crippen LogP contribution in [0.5, 0.6) is 0 Å². The van der Waals surface area contributed by atoms with Crippen LogP contribution in [0.15, 0.2) is 72.8 Å². The Labute approximate surface area is 138 Å². The molecule has 0 bridgehead atoms. The van der Waals surface area contributed by atoms with E-state index in [0.717, 1.165) is 6.42 Å². The summed E-state index contributed by atoms with van der Waals surface area (Å²) in [5.74, 6) is 0. The lowest BCUT2D eigenvalue weighted by atomic mass is 9.73. The molecule has 23 heavy (non-hydrogen) atoms. The van der Waals surface area contributed by atoms with E-state index in [1.54, 1.807) is 0 Å². The molecule has 2 nitrogen and oxygen atoms in total. The van der Waals surface area contributed by atoms with Crippen molar-refractivity contribution in [1.29, 1.82) is 0 Å². The van der Waals surface area contributed by atoms with Crippen LogP contribution in [0.2, 0.25) is 0 Å². The maximum absolute atomic E-state index is 9.53. The molecule has 0 saturated heterocycles. The topological polar surface area (TPSA) is 32.3 Å². The minimum absolute atomic E-state index is 0.105. The van der Waals surface area contributed by atoms with E-state index in [2.05, 4.69) is 78.1 Å². The number of hydrogen-bond donors (Lipinski definition) is 2. The van der Waals surface area contributed by atoms with Gasteiger partial charge in [-0.3, -0.25) is 0 Å². The molecular weight excluding hydrogens is 282 g/mol. The third-order valence-electron chi connectivity index (χ3n) is 4.70. The molecule has 0 radical (unpaired) electrons. The van der Waals surface area contributed by atoms with Crippen molar-refractivity contribution in [1.82, 2.24) is 5.32 Å². The third kappa shape index (κ3) is 3.24. The van der Waals surface area contributed by atoms with Gasteiger partial charge in [0.2, 0.25) is 0 Å². The lowest BCUT2D eigenvalue weighted by Crippen LogP contribution is -2.48. The Hall–Kier alpha value is -1.90. The highest BCUT2D eigenvalue weighted by atomic mass is 16.3. The average molecular weight is 307 g/mol. The zero-order valence-corrected chi connectivity index (χ0v) is 13.9. The smallest absolute Gasteiger partial charge is 0.0608 e. The van der Waals surface area contributed by atoms with Gasteiger partial charge in [0.1, 0.15) is 0 Å². The Morgan fingerprint density at radius 2 is 1.52 bits per heavy atom. The second-order valence-electron chi connectivity index (χ2n) is 7.06. The summed E-state index contributed by atoms with van der Waals surface area (Å²) in [6.45, 7) is 4.19. The van der Waals surface area contributed by atoms with Crippen LogP contribution in [-0.2, 0) is 5.41 Å². The maximum Gasteiger partial charge on any atom is 0.0608 e. The van der Waals surface area contributed by atoms with Gasteiger partial charge in [0.25, 0.3) is 0 Å². The fourth-order valence-electron chi connectivity index (χ4n) is 3.48. The van der Waals surface area contributed by atoms with E-state index in [1.165, 1.54) is 11.1 Å². The molecule has 0 fully saturated rings.